The number of hydrogen-bond donors (Lipinski definition) is 2. The van der Waals surface area contributed by atoms with Gasteiger partial charge in [-0.2, -0.15) is 0 Å². The molecule has 8 heteroatoms. The molecule has 0 aliphatic rings. The van der Waals surface area contributed by atoms with E-state index in [0.717, 1.165) is 22.2 Å². The number of halogens is 1. The number of anilines is 1. The van der Waals surface area contributed by atoms with Gasteiger partial charge in [0, 0.05) is 23.3 Å². The van der Waals surface area contributed by atoms with E-state index in [2.05, 4.69) is 20.6 Å². The molecule has 1 atom stereocenters. The van der Waals surface area contributed by atoms with E-state index in [1.165, 1.54) is 18.3 Å². The van der Waals surface area contributed by atoms with E-state index in [0.29, 0.717) is 16.2 Å². The van der Waals surface area contributed by atoms with Crippen LogP contribution in [0.4, 0.5) is 5.13 Å². The molecular formula is C23H19ClN4O2S. The number of aromatic nitrogens is 2. The predicted molar refractivity (Wildman–Crippen MR) is 124 cm³/mol. The highest BCUT2D eigenvalue weighted by Gasteiger charge is 2.15. The fraction of sp³-hybridized carbons (Fsp3) is 0.130. The second-order valence-corrected chi connectivity index (χ2v) is 8.29. The van der Waals surface area contributed by atoms with Gasteiger partial charge in [-0.15, -0.1) is 11.3 Å². The van der Waals surface area contributed by atoms with E-state index in [1.807, 2.05) is 60.8 Å². The van der Waals surface area contributed by atoms with Gasteiger partial charge >= 0.3 is 0 Å². The van der Waals surface area contributed by atoms with Crippen molar-refractivity contribution in [1.29, 1.82) is 0 Å². The van der Waals surface area contributed by atoms with E-state index < -0.39 is 0 Å². The first-order valence-electron chi connectivity index (χ1n) is 9.60. The van der Waals surface area contributed by atoms with Crippen LogP contribution in [-0.2, 0) is 4.79 Å². The van der Waals surface area contributed by atoms with Crippen molar-refractivity contribution in [2.75, 3.05) is 5.32 Å². The minimum atomic E-state index is -0.291. The molecule has 0 saturated heterocycles. The average molecular weight is 451 g/mol. The van der Waals surface area contributed by atoms with Crippen LogP contribution in [0.2, 0.25) is 5.15 Å². The maximum absolute atomic E-state index is 12.9. The molecule has 31 heavy (non-hydrogen) atoms. The third kappa shape index (κ3) is 4.73. The number of carbonyl (C=O) groups excluding carboxylic acids is 2. The number of nitrogens with zero attached hydrogens (tertiary/aromatic N) is 2. The summed E-state index contributed by atoms with van der Waals surface area (Å²) in [6.45, 7) is 3.43. The third-order valence-electron chi connectivity index (χ3n) is 4.78. The first kappa shape index (κ1) is 21.0. The fourth-order valence-corrected chi connectivity index (χ4v) is 4.20. The standard InChI is InChI=1S/C23H19ClN4O2S/c1-13(25-14(2)29)15-7-9-16(10-8-15)20-12-31-23(27-20)28-22(30)18-11-21(24)26-19-6-4-3-5-17(18)19/h3-13H,1-2H3,(H,25,29)(H,27,28,30). The fourth-order valence-electron chi connectivity index (χ4n) is 3.29. The number of rotatable bonds is 5. The Labute approximate surface area is 188 Å². The summed E-state index contributed by atoms with van der Waals surface area (Å²) < 4.78 is 0. The van der Waals surface area contributed by atoms with E-state index in [1.54, 1.807) is 6.07 Å². The van der Waals surface area contributed by atoms with Crippen LogP contribution < -0.4 is 10.6 Å². The average Bonchev–Trinajstić information content (AvgIpc) is 3.21. The molecule has 4 rings (SSSR count). The van der Waals surface area contributed by atoms with Crippen LogP contribution in [0.15, 0.2) is 60.0 Å². The summed E-state index contributed by atoms with van der Waals surface area (Å²) in [5, 5.41) is 9.09. The molecule has 0 radical (unpaired) electrons. The summed E-state index contributed by atoms with van der Waals surface area (Å²) in [5.74, 6) is -0.361. The van der Waals surface area contributed by atoms with Gasteiger partial charge in [-0.1, -0.05) is 54.1 Å². The number of para-hydroxylation sites is 1. The molecule has 4 aromatic rings. The second kappa shape index (κ2) is 8.83. The third-order valence-corrected chi connectivity index (χ3v) is 5.73. The lowest BCUT2D eigenvalue weighted by Crippen LogP contribution is -2.23. The highest BCUT2D eigenvalue weighted by molar-refractivity contribution is 7.14. The van der Waals surface area contributed by atoms with Crippen LogP contribution in [0.1, 0.15) is 35.8 Å². The largest absolute Gasteiger partial charge is 0.350 e. The molecule has 2 amide bonds. The molecule has 0 saturated carbocycles. The Morgan fingerprint density at radius 2 is 1.81 bits per heavy atom. The number of carbonyl (C=O) groups is 2. The summed E-state index contributed by atoms with van der Waals surface area (Å²) in [4.78, 5) is 32.9. The minimum absolute atomic E-state index is 0.0697. The van der Waals surface area contributed by atoms with Crippen molar-refractivity contribution >= 4 is 50.8 Å². The quantitative estimate of drug-likeness (QED) is 0.395. The molecular weight excluding hydrogens is 432 g/mol. The van der Waals surface area contributed by atoms with Gasteiger partial charge in [0.25, 0.3) is 5.91 Å². The predicted octanol–water partition coefficient (Wildman–Crippen LogP) is 5.46. The van der Waals surface area contributed by atoms with Crippen LogP contribution in [-0.4, -0.2) is 21.8 Å². The van der Waals surface area contributed by atoms with Gasteiger partial charge in [0.2, 0.25) is 5.91 Å². The van der Waals surface area contributed by atoms with E-state index >= 15 is 0 Å². The Balaban J connectivity index is 1.52. The Morgan fingerprint density at radius 1 is 1.06 bits per heavy atom. The normalized spacial score (nSPS) is 11.8. The monoisotopic (exact) mass is 450 g/mol. The molecule has 0 aliphatic carbocycles. The number of amides is 2. The smallest absolute Gasteiger partial charge is 0.258 e. The molecule has 2 aromatic carbocycles. The molecule has 0 bridgehead atoms. The summed E-state index contributed by atoms with van der Waals surface area (Å²) in [6, 6.07) is 16.7. The van der Waals surface area contributed by atoms with Crippen LogP contribution in [0.5, 0.6) is 0 Å². The van der Waals surface area contributed by atoms with Gasteiger partial charge in [0.05, 0.1) is 22.8 Å². The molecule has 2 aromatic heterocycles. The molecule has 1 unspecified atom stereocenters. The number of fused-ring (bicyclic) bond motifs is 1. The summed E-state index contributed by atoms with van der Waals surface area (Å²) in [6.07, 6.45) is 0. The molecule has 6 nitrogen and oxygen atoms in total. The zero-order valence-corrected chi connectivity index (χ0v) is 18.4. The topological polar surface area (TPSA) is 84.0 Å². The molecule has 0 spiro atoms. The van der Waals surface area contributed by atoms with Crippen molar-refractivity contribution in [2.45, 2.75) is 19.9 Å². The maximum atomic E-state index is 12.9. The minimum Gasteiger partial charge on any atom is -0.350 e. The molecule has 2 N–H and O–H groups in total. The Hall–Kier alpha value is -3.29. The molecule has 0 fully saturated rings. The Morgan fingerprint density at radius 3 is 2.55 bits per heavy atom. The summed E-state index contributed by atoms with van der Waals surface area (Å²) in [5.41, 5.74) is 3.80. The van der Waals surface area contributed by atoms with Crippen molar-refractivity contribution in [2.24, 2.45) is 0 Å². The number of hydrogen-bond acceptors (Lipinski definition) is 5. The van der Waals surface area contributed by atoms with E-state index in [9.17, 15) is 9.59 Å². The number of thiazole rings is 1. The van der Waals surface area contributed by atoms with Crippen molar-refractivity contribution < 1.29 is 9.59 Å². The van der Waals surface area contributed by atoms with Crippen molar-refractivity contribution in [3.05, 3.63) is 76.3 Å². The van der Waals surface area contributed by atoms with Gasteiger partial charge in [0.1, 0.15) is 5.15 Å². The van der Waals surface area contributed by atoms with Crippen LogP contribution in [0.3, 0.4) is 0 Å². The first-order chi connectivity index (χ1) is 14.9. The lowest BCUT2D eigenvalue weighted by atomic mass is 10.1. The van der Waals surface area contributed by atoms with E-state index in [4.69, 9.17) is 11.6 Å². The van der Waals surface area contributed by atoms with Gasteiger partial charge in [-0.25, -0.2) is 9.97 Å². The Kier molecular flexibility index (Phi) is 5.97. The molecule has 156 valence electrons. The SMILES string of the molecule is CC(=O)NC(C)c1ccc(-c2csc(NC(=O)c3cc(Cl)nc4ccccc34)n2)cc1. The van der Waals surface area contributed by atoms with Gasteiger partial charge < -0.3 is 5.32 Å². The van der Waals surface area contributed by atoms with Gasteiger partial charge in [0.15, 0.2) is 5.13 Å². The Bertz CT molecular complexity index is 1270. The molecule has 2 heterocycles. The van der Waals surface area contributed by atoms with E-state index in [-0.39, 0.29) is 23.0 Å². The first-order valence-corrected chi connectivity index (χ1v) is 10.9. The van der Waals surface area contributed by atoms with Crippen molar-refractivity contribution in [1.82, 2.24) is 15.3 Å². The summed E-state index contributed by atoms with van der Waals surface area (Å²) >= 11 is 7.44. The van der Waals surface area contributed by atoms with Gasteiger partial charge in [-0.05, 0) is 24.6 Å². The zero-order valence-electron chi connectivity index (χ0n) is 16.8. The van der Waals surface area contributed by atoms with Crippen molar-refractivity contribution in [3.63, 3.8) is 0 Å². The highest BCUT2D eigenvalue weighted by Crippen LogP contribution is 2.28. The van der Waals surface area contributed by atoms with Crippen molar-refractivity contribution in [3.8, 4) is 11.3 Å². The van der Waals surface area contributed by atoms with Crippen LogP contribution in [0.25, 0.3) is 22.2 Å². The maximum Gasteiger partial charge on any atom is 0.258 e. The zero-order chi connectivity index (χ0) is 22.0. The molecule has 0 aliphatic heterocycles. The highest BCUT2D eigenvalue weighted by atomic mass is 35.5. The second-order valence-electron chi connectivity index (χ2n) is 7.05. The van der Waals surface area contributed by atoms with Crippen LogP contribution >= 0.6 is 22.9 Å². The lowest BCUT2D eigenvalue weighted by Gasteiger charge is -2.13. The van der Waals surface area contributed by atoms with Crippen LogP contribution in [0, 0.1) is 0 Å². The number of benzene rings is 2. The lowest BCUT2D eigenvalue weighted by molar-refractivity contribution is -0.119. The number of pyridine rings is 1. The number of nitrogens with one attached hydrogen (secondary N) is 2. The van der Waals surface area contributed by atoms with Gasteiger partial charge in [-0.3, -0.25) is 14.9 Å². The summed E-state index contributed by atoms with van der Waals surface area (Å²) in [7, 11) is 0.